The van der Waals surface area contributed by atoms with Gasteiger partial charge in [-0.25, -0.2) is 0 Å². The number of nitrogens with zero attached hydrogens (tertiary/aromatic N) is 1. The molecular formula is C11H15BF3NO3. The number of halogens is 3. The van der Waals surface area contributed by atoms with Crippen molar-refractivity contribution < 1.29 is 28.0 Å². The van der Waals surface area contributed by atoms with E-state index in [4.69, 9.17) is 14.8 Å². The summed E-state index contributed by atoms with van der Waals surface area (Å²) in [5.41, 5.74) is 0.265. The fourth-order valence-corrected chi connectivity index (χ4v) is 1.47. The minimum Gasteiger partial charge on any atom is -0.492 e. The Morgan fingerprint density at radius 1 is 1.32 bits per heavy atom. The van der Waals surface area contributed by atoms with E-state index in [2.05, 4.69) is 0 Å². The molecule has 0 amide bonds. The second-order valence-corrected chi connectivity index (χ2v) is 4.15. The Kier molecular flexibility index (Phi) is 5.65. The van der Waals surface area contributed by atoms with Gasteiger partial charge in [0.25, 0.3) is 0 Å². The molecule has 8 heteroatoms. The van der Waals surface area contributed by atoms with E-state index < -0.39 is 19.8 Å². The van der Waals surface area contributed by atoms with E-state index in [1.165, 1.54) is 19.2 Å². The molecule has 19 heavy (non-hydrogen) atoms. The predicted octanol–water partition coefficient (Wildman–Crippen LogP) is 0.239. The number of benzene rings is 1. The van der Waals surface area contributed by atoms with E-state index in [9.17, 15) is 13.2 Å². The average Bonchev–Trinajstić information content (AvgIpc) is 2.27. The van der Waals surface area contributed by atoms with Gasteiger partial charge in [0.15, 0.2) is 0 Å². The van der Waals surface area contributed by atoms with Crippen molar-refractivity contribution in [1.82, 2.24) is 4.90 Å². The first kappa shape index (κ1) is 15.8. The molecule has 106 valence electrons. The quantitative estimate of drug-likeness (QED) is 0.731. The predicted molar refractivity (Wildman–Crippen MR) is 65.3 cm³/mol. The molecule has 0 unspecified atom stereocenters. The highest BCUT2D eigenvalue weighted by molar-refractivity contribution is 6.58. The maximum Gasteiger partial charge on any atom is 0.488 e. The van der Waals surface area contributed by atoms with E-state index >= 15 is 0 Å². The minimum atomic E-state index is -4.23. The van der Waals surface area contributed by atoms with Crippen molar-refractivity contribution in [2.75, 3.05) is 26.7 Å². The molecule has 1 aromatic carbocycles. The van der Waals surface area contributed by atoms with Crippen molar-refractivity contribution in [3.63, 3.8) is 0 Å². The topological polar surface area (TPSA) is 52.9 Å². The molecule has 0 heterocycles. The summed E-state index contributed by atoms with van der Waals surface area (Å²) in [6.07, 6.45) is -4.23. The van der Waals surface area contributed by atoms with Crippen LogP contribution in [0.2, 0.25) is 0 Å². The highest BCUT2D eigenvalue weighted by Crippen LogP contribution is 2.15. The number of hydrogen-bond acceptors (Lipinski definition) is 4. The molecular weight excluding hydrogens is 262 g/mol. The van der Waals surface area contributed by atoms with Crippen molar-refractivity contribution in [2.24, 2.45) is 0 Å². The zero-order valence-electron chi connectivity index (χ0n) is 10.4. The second kappa shape index (κ2) is 6.79. The Morgan fingerprint density at radius 3 is 2.58 bits per heavy atom. The molecule has 0 spiro atoms. The summed E-state index contributed by atoms with van der Waals surface area (Å²) in [5.74, 6) is 0.381. The van der Waals surface area contributed by atoms with E-state index in [1.807, 2.05) is 0 Å². The minimum absolute atomic E-state index is 0.0809. The van der Waals surface area contributed by atoms with Crippen molar-refractivity contribution >= 4 is 12.6 Å². The lowest BCUT2D eigenvalue weighted by Gasteiger charge is -2.18. The maximum atomic E-state index is 12.1. The van der Waals surface area contributed by atoms with Gasteiger partial charge in [0, 0.05) is 6.54 Å². The van der Waals surface area contributed by atoms with Crippen molar-refractivity contribution in [1.29, 1.82) is 0 Å². The molecule has 0 radical (unpaired) electrons. The van der Waals surface area contributed by atoms with Gasteiger partial charge in [-0.3, -0.25) is 4.90 Å². The van der Waals surface area contributed by atoms with Crippen LogP contribution < -0.4 is 10.2 Å². The first-order valence-electron chi connectivity index (χ1n) is 5.62. The van der Waals surface area contributed by atoms with Crippen LogP contribution in [0.25, 0.3) is 0 Å². The highest BCUT2D eigenvalue weighted by atomic mass is 19.4. The third kappa shape index (κ3) is 6.46. The summed E-state index contributed by atoms with van der Waals surface area (Å²) < 4.78 is 41.4. The fraction of sp³-hybridized carbons (Fsp3) is 0.455. The molecule has 0 aliphatic heterocycles. The molecule has 0 saturated heterocycles. The number of hydrogen-bond donors (Lipinski definition) is 2. The van der Waals surface area contributed by atoms with Crippen LogP contribution in [-0.4, -0.2) is 55.0 Å². The first-order valence-corrected chi connectivity index (χ1v) is 5.62. The normalized spacial score (nSPS) is 11.7. The molecule has 0 saturated carbocycles. The highest BCUT2D eigenvalue weighted by Gasteiger charge is 2.28. The van der Waals surface area contributed by atoms with Gasteiger partial charge in [-0.15, -0.1) is 0 Å². The van der Waals surface area contributed by atoms with E-state index in [0.29, 0.717) is 5.75 Å². The molecule has 0 fully saturated rings. The van der Waals surface area contributed by atoms with Crippen LogP contribution in [0, 0.1) is 0 Å². The number of alkyl halides is 3. The summed E-state index contributed by atoms with van der Waals surface area (Å²) in [7, 11) is -0.249. The zero-order valence-corrected chi connectivity index (χ0v) is 10.4. The van der Waals surface area contributed by atoms with Gasteiger partial charge < -0.3 is 14.8 Å². The Morgan fingerprint density at radius 2 is 2.00 bits per heavy atom. The summed E-state index contributed by atoms with van der Waals surface area (Å²) >= 11 is 0. The summed E-state index contributed by atoms with van der Waals surface area (Å²) in [4.78, 5) is 1.10. The first-order chi connectivity index (χ1) is 8.78. The largest absolute Gasteiger partial charge is 0.492 e. The molecule has 4 nitrogen and oxygen atoms in total. The van der Waals surface area contributed by atoms with Crippen LogP contribution in [0.4, 0.5) is 13.2 Å². The number of rotatable bonds is 6. The van der Waals surface area contributed by atoms with Gasteiger partial charge in [0.05, 0.1) is 6.54 Å². The zero-order chi connectivity index (χ0) is 14.5. The summed E-state index contributed by atoms with van der Waals surface area (Å²) in [5, 5.41) is 17.9. The van der Waals surface area contributed by atoms with Crippen molar-refractivity contribution in [3.8, 4) is 5.75 Å². The van der Waals surface area contributed by atoms with Gasteiger partial charge in [-0.1, -0.05) is 12.1 Å². The Balaban J connectivity index is 2.39. The van der Waals surface area contributed by atoms with Crippen LogP contribution in [0.5, 0.6) is 5.75 Å². The molecule has 0 bridgehead atoms. The molecule has 2 N–H and O–H groups in total. The lowest BCUT2D eigenvalue weighted by atomic mass is 9.80. The van der Waals surface area contributed by atoms with Crippen LogP contribution in [0.1, 0.15) is 0 Å². The van der Waals surface area contributed by atoms with Gasteiger partial charge >= 0.3 is 13.3 Å². The molecule has 0 atom stereocenters. The lowest BCUT2D eigenvalue weighted by molar-refractivity contribution is -0.143. The van der Waals surface area contributed by atoms with E-state index in [1.54, 1.807) is 12.1 Å². The third-order valence-electron chi connectivity index (χ3n) is 2.35. The van der Waals surface area contributed by atoms with Gasteiger partial charge in [-0.05, 0) is 24.6 Å². The van der Waals surface area contributed by atoms with Gasteiger partial charge in [0.1, 0.15) is 12.4 Å². The Bertz CT molecular complexity index is 401. The molecule has 1 rings (SSSR count). The van der Waals surface area contributed by atoms with Crippen LogP contribution in [0.3, 0.4) is 0 Å². The lowest BCUT2D eigenvalue weighted by Crippen LogP contribution is -2.34. The Hall–Kier alpha value is -1.25. The smallest absolute Gasteiger partial charge is 0.488 e. The number of likely N-dealkylation sites (N-methyl/N-ethyl adjacent to an activating group) is 1. The summed E-state index contributed by atoms with van der Waals surface area (Å²) in [6.45, 7) is -0.797. The molecule has 0 aliphatic rings. The SMILES string of the molecule is CN(CCOc1cccc(B(O)O)c1)CC(F)(F)F. The standard InChI is InChI=1S/C11H15BF3NO3/c1-16(8-11(13,14)15)5-6-19-10-4-2-3-9(7-10)12(17)18/h2-4,7,17-18H,5-6,8H2,1H3. The van der Waals surface area contributed by atoms with Gasteiger partial charge in [0.2, 0.25) is 0 Å². The Labute approximate surface area is 109 Å². The maximum absolute atomic E-state index is 12.1. The molecule has 0 aliphatic carbocycles. The fourth-order valence-electron chi connectivity index (χ4n) is 1.47. The van der Waals surface area contributed by atoms with Gasteiger partial charge in [-0.2, -0.15) is 13.2 Å². The van der Waals surface area contributed by atoms with E-state index in [0.717, 1.165) is 4.90 Å². The van der Waals surface area contributed by atoms with Crippen LogP contribution >= 0.6 is 0 Å². The summed E-state index contributed by atoms with van der Waals surface area (Å²) in [6, 6.07) is 6.10. The van der Waals surface area contributed by atoms with E-state index in [-0.39, 0.29) is 18.6 Å². The van der Waals surface area contributed by atoms with Crippen LogP contribution in [-0.2, 0) is 0 Å². The van der Waals surface area contributed by atoms with Crippen LogP contribution in [0.15, 0.2) is 24.3 Å². The molecule has 1 aromatic rings. The third-order valence-corrected chi connectivity index (χ3v) is 2.35. The second-order valence-electron chi connectivity index (χ2n) is 4.15. The van der Waals surface area contributed by atoms with Crippen molar-refractivity contribution in [3.05, 3.63) is 24.3 Å². The van der Waals surface area contributed by atoms with Crippen molar-refractivity contribution in [2.45, 2.75) is 6.18 Å². The molecule has 0 aromatic heterocycles. The monoisotopic (exact) mass is 277 g/mol. The average molecular weight is 277 g/mol. The number of ether oxygens (including phenoxy) is 1.